The van der Waals surface area contributed by atoms with E-state index in [0.29, 0.717) is 11.1 Å². The quantitative estimate of drug-likeness (QED) is 0.647. The van der Waals surface area contributed by atoms with E-state index >= 15 is 4.39 Å². The number of hydrogen-bond acceptors (Lipinski definition) is 4. The highest BCUT2D eigenvalue weighted by molar-refractivity contribution is 7.15. The first kappa shape index (κ1) is 17.8. The maximum absolute atomic E-state index is 15.1. The number of carbonyl (C=O) groups is 1. The van der Waals surface area contributed by atoms with Crippen molar-refractivity contribution in [3.8, 4) is 10.4 Å². The third kappa shape index (κ3) is 2.74. The van der Waals surface area contributed by atoms with Crippen LogP contribution >= 0.6 is 11.3 Å². The molecule has 0 amide bonds. The Morgan fingerprint density at radius 3 is 2.71 bits per heavy atom. The van der Waals surface area contributed by atoms with Crippen LogP contribution in [-0.2, 0) is 6.42 Å². The van der Waals surface area contributed by atoms with Crippen molar-refractivity contribution in [2.24, 2.45) is 0 Å². The van der Waals surface area contributed by atoms with Crippen LogP contribution in [-0.4, -0.2) is 15.5 Å². The summed E-state index contributed by atoms with van der Waals surface area (Å²) in [6.07, 6.45) is 5.70. The highest BCUT2D eigenvalue weighted by atomic mass is 32.1. The van der Waals surface area contributed by atoms with Gasteiger partial charge in [0.1, 0.15) is 5.82 Å². The number of benzene rings is 1. The van der Waals surface area contributed by atoms with Crippen molar-refractivity contribution in [1.82, 2.24) is 4.57 Å². The molecule has 1 atom stereocenters. The van der Waals surface area contributed by atoms with Gasteiger partial charge in [-0.2, -0.15) is 0 Å². The molecule has 2 heterocycles. The second-order valence-electron chi connectivity index (χ2n) is 7.82. The standard InChI is InChI=1S/C22H20FNO3S/c1-11(25)15-10-24(13-5-6-13)17-8-12(7-16(23)21(17)22(15)27)20-9-14-18(26)3-2-4-19(14)28-20/h7-10,13,18,26H,2-6H2,1H3. The van der Waals surface area contributed by atoms with Crippen molar-refractivity contribution < 1.29 is 14.3 Å². The lowest BCUT2D eigenvalue weighted by atomic mass is 9.95. The number of fused-ring (bicyclic) bond motifs is 2. The summed E-state index contributed by atoms with van der Waals surface area (Å²) in [4.78, 5) is 26.7. The Bertz CT molecular complexity index is 1190. The summed E-state index contributed by atoms with van der Waals surface area (Å²) in [7, 11) is 0. The van der Waals surface area contributed by atoms with E-state index in [1.807, 2.05) is 16.7 Å². The molecular weight excluding hydrogens is 377 g/mol. The fraction of sp³-hybridized carbons (Fsp3) is 0.364. The van der Waals surface area contributed by atoms with Gasteiger partial charge in [-0.3, -0.25) is 9.59 Å². The zero-order valence-corrected chi connectivity index (χ0v) is 16.3. The summed E-state index contributed by atoms with van der Waals surface area (Å²) in [6, 6.07) is 5.39. The van der Waals surface area contributed by atoms with Gasteiger partial charge in [0, 0.05) is 22.0 Å². The van der Waals surface area contributed by atoms with Gasteiger partial charge < -0.3 is 9.67 Å². The normalized spacial score (nSPS) is 19.0. The molecule has 2 aromatic heterocycles. The molecule has 0 aliphatic heterocycles. The van der Waals surface area contributed by atoms with Crippen LogP contribution < -0.4 is 5.43 Å². The van der Waals surface area contributed by atoms with Crippen LogP contribution in [0.3, 0.4) is 0 Å². The van der Waals surface area contributed by atoms with Crippen LogP contribution in [0.15, 0.2) is 29.2 Å². The van der Waals surface area contributed by atoms with Crippen LogP contribution in [0.5, 0.6) is 0 Å². The smallest absolute Gasteiger partial charge is 0.203 e. The van der Waals surface area contributed by atoms with E-state index in [1.165, 1.54) is 13.0 Å². The Morgan fingerprint density at radius 2 is 2.04 bits per heavy atom. The number of pyridine rings is 1. The molecule has 1 unspecified atom stereocenters. The Morgan fingerprint density at radius 1 is 1.25 bits per heavy atom. The van der Waals surface area contributed by atoms with Crippen molar-refractivity contribution >= 4 is 28.0 Å². The lowest BCUT2D eigenvalue weighted by molar-refractivity contribution is 0.101. The second kappa shape index (κ2) is 6.36. The molecule has 1 saturated carbocycles. The number of aliphatic hydroxyl groups excluding tert-OH is 1. The molecule has 4 nitrogen and oxygen atoms in total. The SMILES string of the molecule is CC(=O)c1cn(C2CC2)c2cc(-c3cc4c(s3)CCCC4O)cc(F)c2c1=O. The first-order chi connectivity index (χ1) is 13.4. The van der Waals surface area contributed by atoms with Crippen molar-refractivity contribution in [3.63, 3.8) is 0 Å². The monoisotopic (exact) mass is 397 g/mol. The predicted molar refractivity (Wildman–Crippen MR) is 108 cm³/mol. The number of hydrogen-bond donors (Lipinski definition) is 1. The molecule has 0 spiro atoms. The van der Waals surface area contributed by atoms with Gasteiger partial charge in [-0.05, 0) is 68.4 Å². The fourth-order valence-corrected chi connectivity index (χ4v) is 5.39. The lowest BCUT2D eigenvalue weighted by Gasteiger charge is -2.16. The molecule has 1 aromatic carbocycles. The van der Waals surface area contributed by atoms with E-state index in [9.17, 15) is 14.7 Å². The summed E-state index contributed by atoms with van der Waals surface area (Å²) in [6.45, 7) is 1.34. The maximum atomic E-state index is 15.1. The van der Waals surface area contributed by atoms with E-state index in [-0.39, 0.29) is 22.8 Å². The van der Waals surface area contributed by atoms with Crippen LogP contribution in [0.1, 0.15) is 65.6 Å². The number of aryl methyl sites for hydroxylation is 1. The van der Waals surface area contributed by atoms with Gasteiger partial charge in [0.15, 0.2) is 5.78 Å². The van der Waals surface area contributed by atoms with E-state index in [2.05, 4.69) is 0 Å². The molecule has 28 heavy (non-hydrogen) atoms. The Balaban J connectivity index is 1.75. The molecule has 2 aliphatic rings. The number of halogens is 1. The van der Waals surface area contributed by atoms with E-state index in [1.54, 1.807) is 17.5 Å². The molecule has 1 N–H and O–H groups in total. The number of ketones is 1. The van der Waals surface area contributed by atoms with Crippen molar-refractivity contribution in [1.29, 1.82) is 0 Å². The zero-order valence-electron chi connectivity index (χ0n) is 15.5. The van der Waals surface area contributed by atoms with Gasteiger partial charge in [0.05, 0.1) is 22.6 Å². The van der Waals surface area contributed by atoms with Gasteiger partial charge in [0.2, 0.25) is 5.43 Å². The Hall–Kier alpha value is -2.31. The molecule has 6 heteroatoms. The van der Waals surface area contributed by atoms with Crippen molar-refractivity contribution in [3.05, 3.63) is 56.4 Å². The van der Waals surface area contributed by atoms with Gasteiger partial charge in [-0.15, -0.1) is 11.3 Å². The van der Waals surface area contributed by atoms with Crippen LogP contribution in [0.2, 0.25) is 0 Å². The summed E-state index contributed by atoms with van der Waals surface area (Å²) in [5.74, 6) is -0.938. The summed E-state index contributed by atoms with van der Waals surface area (Å²) in [5, 5.41) is 10.2. The topological polar surface area (TPSA) is 59.3 Å². The summed E-state index contributed by atoms with van der Waals surface area (Å²) < 4.78 is 17.0. The molecule has 1 fully saturated rings. The molecule has 144 valence electrons. The van der Waals surface area contributed by atoms with E-state index in [0.717, 1.165) is 47.4 Å². The molecule has 0 bridgehead atoms. The number of thiophene rings is 1. The Kier molecular flexibility index (Phi) is 4.03. The fourth-order valence-electron chi connectivity index (χ4n) is 4.14. The van der Waals surface area contributed by atoms with E-state index < -0.39 is 17.3 Å². The predicted octanol–water partition coefficient (Wildman–Crippen LogP) is 4.78. The number of aliphatic hydroxyl groups is 1. The minimum absolute atomic E-state index is 0.00953. The molecule has 0 saturated heterocycles. The number of Topliss-reactive ketones (excluding diaryl/α,β-unsaturated/α-hetero) is 1. The first-order valence-electron chi connectivity index (χ1n) is 9.64. The average Bonchev–Trinajstić information content (AvgIpc) is 3.39. The van der Waals surface area contributed by atoms with Crippen molar-refractivity contribution in [2.75, 3.05) is 0 Å². The van der Waals surface area contributed by atoms with Gasteiger partial charge in [0.25, 0.3) is 0 Å². The largest absolute Gasteiger partial charge is 0.388 e. The number of carbonyl (C=O) groups excluding carboxylic acids is 1. The number of nitrogens with zero attached hydrogens (tertiary/aromatic N) is 1. The lowest BCUT2D eigenvalue weighted by Crippen LogP contribution is -2.18. The minimum Gasteiger partial charge on any atom is -0.388 e. The molecule has 3 aromatic rings. The number of aromatic nitrogens is 1. The average molecular weight is 397 g/mol. The highest BCUT2D eigenvalue weighted by Gasteiger charge is 2.28. The van der Waals surface area contributed by atoms with Gasteiger partial charge >= 0.3 is 0 Å². The molecule has 2 aliphatic carbocycles. The number of rotatable bonds is 3. The zero-order chi connectivity index (χ0) is 19.6. The molecule has 0 radical (unpaired) electrons. The minimum atomic E-state index is -0.595. The first-order valence-corrected chi connectivity index (χ1v) is 10.5. The maximum Gasteiger partial charge on any atom is 0.203 e. The van der Waals surface area contributed by atoms with E-state index in [4.69, 9.17) is 0 Å². The Labute approximate surface area is 165 Å². The third-order valence-corrected chi connectivity index (χ3v) is 7.03. The summed E-state index contributed by atoms with van der Waals surface area (Å²) in [5.41, 5.74) is 1.70. The van der Waals surface area contributed by atoms with Gasteiger partial charge in [-0.25, -0.2) is 4.39 Å². The highest BCUT2D eigenvalue weighted by Crippen LogP contribution is 2.42. The summed E-state index contributed by atoms with van der Waals surface area (Å²) >= 11 is 1.58. The molecular formula is C22H20FNO3S. The van der Waals surface area contributed by atoms with Crippen LogP contribution in [0, 0.1) is 5.82 Å². The molecule has 5 rings (SSSR count). The van der Waals surface area contributed by atoms with Crippen LogP contribution in [0.25, 0.3) is 21.3 Å². The van der Waals surface area contributed by atoms with Crippen molar-refractivity contribution in [2.45, 2.75) is 51.2 Å². The van der Waals surface area contributed by atoms with Crippen LogP contribution in [0.4, 0.5) is 4.39 Å². The second-order valence-corrected chi connectivity index (χ2v) is 8.95. The third-order valence-electron chi connectivity index (χ3n) is 5.77. The van der Waals surface area contributed by atoms with Gasteiger partial charge in [-0.1, -0.05) is 0 Å².